The number of amides is 2. The Hall–Kier alpha value is -1.26. The van der Waals surface area contributed by atoms with Crippen molar-refractivity contribution in [3.63, 3.8) is 0 Å². The molecule has 4 nitrogen and oxygen atoms in total. The first-order chi connectivity index (χ1) is 12.1. The fourth-order valence-corrected chi connectivity index (χ4v) is 4.61. The fraction of sp³-hybridized carbons (Fsp3) is 0.600. The van der Waals surface area contributed by atoms with E-state index in [0.29, 0.717) is 23.0 Å². The molecule has 2 aliphatic rings. The normalized spacial score (nSPS) is 22.7. The zero-order valence-corrected chi connectivity index (χ0v) is 17.0. The van der Waals surface area contributed by atoms with Gasteiger partial charge in [-0.2, -0.15) is 0 Å². The molecular weight excluding hydrogens is 373 g/mol. The van der Waals surface area contributed by atoms with E-state index in [1.54, 1.807) is 20.8 Å². The molecule has 2 fully saturated rings. The molecule has 1 atom stereocenters. The van der Waals surface area contributed by atoms with E-state index in [9.17, 15) is 9.59 Å². The molecule has 0 bridgehead atoms. The molecule has 1 heterocycles. The first-order valence-electron chi connectivity index (χ1n) is 9.11. The second-order valence-electron chi connectivity index (χ2n) is 8.38. The van der Waals surface area contributed by atoms with E-state index in [1.807, 2.05) is 18.2 Å². The van der Waals surface area contributed by atoms with E-state index in [0.717, 1.165) is 31.2 Å². The number of rotatable bonds is 2. The molecule has 26 heavy (non-hydrogen) atoms. The highest BCUT2D eigenvalue weighted by Gasteiger charge is 2.49. The Morgan fingerprint density at radius 3 is 2.42 bits per heavy atom. The summed E-state index contributed by atoms with van der Waals surface area (Å²) >= 11 is 12.3. The molecule has 2 amide bonds. The Kier molecular flexibility index (Phi) is 5.28. The Bertz CT molecular complexity index is 720. The van der Waals surface area contributed by atoms with Crippen molar-refractivity contribution in [2.24, 2.45) is 5.92 Å². The van der Waals surface area contributed by atoms with Gasteiger partial charge in [-0.25, -0.2) is 9.69 Å². The minimum absolute atomic E-state index is 0.0715. The van der Waals surface area contributed by atoms with Crippen LogP contribution in [-0.4, -0.2) is 29.0 Å². The summed E-state index contributed by atoms with van der Waals surface area (Å²) in [6, 6.07) is 5.76. The minimum Gasteiger partial charge on any atom is -0.443 e. The highest BCUT2D eigenvalue weighted by atomic mass is 35.5. The van der Waals surface area contributed by atoms with E-state index in [2.05, 4.69) is 0 Å². The summed E-state index contributed by atoms with van der Waals surface area (Å²) in [7, 11) is 0. The van der Waals surface area contributed by atoms with Gasteiger partial charge in [0.25, 0.3) is 0 Å². The van der Waals surface area contributed by atoms with E-state index >= 15 is 0 Å². The lowest BCUT2D eigenvalue weighted by molar-refractivity contribution is -0.127. The quantitative estimate of drug-likeness (QED) is 0.653. The second-order valence-corrected chi connectivity index (χ2v) is 9.19. The number of hydrogen-bond donors (Lipinski definition) is 0. The molecule has 0 unspecified atom stereocenters. The molecule has 3 rings (SSSR count). The highest BCUT2D eigenvalue weighted by molar-refractivity contribution is 6.42. The van der Waals surface area contributed by atoms with E-state index in [4.69, 9.17) is 27.9 Å². The molecular formula is C20H25Cl2NO3. The minimum atomic E-state index is -0.621. The third-order valence-electron chi connectivity index (χ3n) is 5.51. The number of imide groups is 1. The van der Waals surface area contributed by atoms with Crippen molar-refractivity contribution in [2.75, 3.05) is 6.54 Å². The van der Waals surface area contributed by atoms with Gasteiger partial charge < -0.3 is 4.74 Å². The summed E-state index contributed by atoms with van der Waals surface area (Å²) in [5, 5.41) is 1.06. The van der Waals surface area contributed by atoms with E-state index in [1.165, 1.54) is 4.90 Å². The smallest absolute Gasteiger partial charge is 0.417 e. The van der Waals surface area contributed by atoms with Crippen LogP contribution >= 0.6 is 23.2 Å². The van der Waals surface area contributed by atoms with Crippen LogP contribution in [0.1, 0.15) is 58.4 Å². The third kappa shape index (κ3) is 3.72. The monoisotopic (exact) mass is 397 g/mol. The maximum Gasteiger partial charge on any atom is 0.417 e. The second kappa shape index (κ2) is 7.05. The molecule has 1 saturated heterocycles. The largest absolute Gasteiger partial charge is 0.443 e. The number of carbonyl (C=O) groups excluding carboxylic acids is 2. The molecule has 1 aliphatic carbocycles. The van der Waals surface area contributed by atoms with Crippen molar-refractivity contribution >= 4 is 35.2 Å². The summed E-state index contributed by atoms with van der Waals surface area (Å²) in [4.78, 5) is 26.2. The van der Waals surface area contributed by atoms with Gasteiger partial charge in [0.15, 0.2) is 0 Å². The topological polar surface area (TPSA) is 46.6 Å². The Labute approximate surface area is 164 Å². The zero-order valence-electron chi connectivity index (χ0n) is 15.5. The van der Waals surface area contributed by atoms with Gasteiger partial charge in [-0.1, -0.05) is 42.1 Å². The van der Waals surface area contributed by atoms with Crippen molar-refractivity contribution < 1.29 is 14.3 Å². The number of hydrogen-bond acceptors (Lipinski definition) is 3. The Balaban J connectivity index is 1.87. The molecule has 142 valence electrons. The summed E-state index contributed by atoms with van der Waals surface area (Å²) in [6.07, 6.45) is 4.01. The van der Waals surface area contributed by atoms with E-state index < -0.39 is 11.7 Å². The summed E-state index contributed by atoms with van der Waals surface area (Å²) in [6.45, 7) is 5.80. The van der Waals surface area contributed by atoms with Crippen LogP contribution in [-0.2, 0) is 14.9 Å². The summed E-state index contributed by atoms with van der Waals surface area (Å²) in [5.74, 6) is -0.0853. The maximum atomic E-state index is 12.5. The van der Waals surface area contributed by atoms with Gasteiger partial charge in [-0.05, 0) is 57.2 Å². The average molecular weight is 398 g/mol. The van der Waals surface area contributed by atoms with Crippen molar-refractivity contribution in [3.05, 3.63) is 33.8 Å². The molecule has 1 aromatic rings. The van der Waals surface area contributed by atoms with Crippen LogP contribution < -0.4 is 0 Å². The van der Waals surface area contributed by atoms with Crippen LogP contribution in [0.3, 0.4) is 0 Å². The highest BCUT2D eigenvalue weighted by Crippen LogP contribution is 2.50. The van der Waals surface area contributed by atoms with Gasteiger partial charge in [-0.15, -0.1) is 0 Å². The first kappa shape index (κ1) is 19.5. The molecule has 6 heteroatoms. The zero-order chi connectivity index (χ0) is 19.1. The number of carbonyl (C=O) groups is 2. The molecule has 1 saturated carbocycles. The number of nitrogens with zero attached hydrogens (tertiary/aromatic N) is 1. The SMILES string of the molecule is CC(C)(C)OC(=O)N1C[C@H](C2(c3ccc(Cl)c(Cl)c3)CCCC2)CC1=O. The van der Waals surface area contributed by atoms with E-state index in [-0.39, 0.29) is 17.2 Å². The van der Waals surface area contributed by atoms with Crippen molar-refractivity contribution in [3.8, 4) is 0 Å². The van der Waals surface area contributed by atoms with Gasteiger partial charge in [-0.3, -0.25) is 4.79 Å². The predicted molar refractivity (Wildman–Crippen MR) is 103 cm³/mol. The predicted octanol–water partition coefficient (Wildman–Crippen LogP) is 5.59. The Morgan fingerprint density at radius 2 is 1.85 bits per heavy atom. The lowest BCUT2D eigenvalue weighted by Gasteiger charge is -2.36. The Morgan fingerprint density at radius 1 is 1.19 bits per heavy atom. The average Bonchev–Trinajstić information content (AvgIpc) is 3.16. The number of likely N-dealkylation sites (tertiary alicyclic amines) is 1. The molecule has 1 aromatic carbocycles. The number of halogens is 2. The van der Waals surface area contributed by atoms with Gasteiger partial charge in [0.2, 0.25) is 5.91 Å². The van der Waals surface area contributed by atoms with Crippen LogP contribution in [0.5, 0.6) is 0 Å². The van der Waals surface area contributed by atoms with Crippen molar-refractivity contribution in [1.29, 1.82) is 0 Å². The lowest BCUT2D eigenvalue weighted by Crippen LogP contribution is -2.39. The third-order valence-corrected chi connectivity index (χ3v) is 6.25. The maximum absolute atomic E-state index is 12.5. The lowest BCUT2D eigenvalue weighted by atomic mass is 9.68. The molecule has 0 spiro atoms. The number of ether oxygens (including phenoxy) is 1. The fourth-order valence-electron chi connectivity index (χ4n) is 4.32. The summed E-state index contributed by atoms with van der Waals surface area (Å²) < 4.78 is 5.40. The number of benzene rings is 1. The van der Waals surface area contributed by atoms with Crippen LogP contribution in [0.25, 0.3) is 0 Å². The molecule has 0 aromatic heterocycles. The molecule has 0 radical (unpaired) electrons. The van der Waals surface area contributed by atoms with Crippen LogP contribution in [0.2, 0.25) is 10.0 Å². The first-order valence-corrected chi connectivity index (χ1v) is 9.87. The van der Waals surface area contributed by atoms with Gasteiger partial charge in [0.1, 0.15) is 5.60 Å². The van der Waals surface area contributed by atoms with Gasteiger partial charge >= 0.3 is 6.09 Å². The summed E-state index contributed by atoms with van der Waals surface area (Å²) in [5.41, 5.74) is 0.360. The van der Waals surface area contributed by atoms with Crippen LogP contribution in [0.15, 0.2) is 18.2 Å². The van der Waals surface area contributed by atoms with Gasteiger partial charge in [0.05, 0.1) is 10.0 Å². The van der Waals surface area contributed by atoms with Crippen LogP contribution in [0.4, 0.5) is 4.79 Å². The van der Waals surface area contributed by atoms with Crippen molar-refractivity contribution in [1.82, 2.24) is 4.90 Å². The molecule has 1 aliphatic heterocycles. The standard InChI is InChI=1S/C20H25Cl2NO3/c1-19(2,3)26-18(25)23-12-14(11-17(23)24)20(8-4-5-9-20)13-6-7-15(21)16(22)10-13/h6-7,10,14H,4-5,8-9,11-12H2,1-3H3/t14-/m1/s1. The molecule has 0 N–H and O–H groups in total. The van der Waals surface area contributed by atoms with Gasteiger partial charge in [0, 0.05) is 18.4 Å². The van der Waals surface area contributed by atoms with Crippen molar-refractivity contribution in [2.45, 2.75) is 63.9 Å². The van der Waals surface area contributed by atoms with Crippen LogP contribution in [0, 0.1) is 5.92 Å².